The van der Waals surface area contributed by atoms with Crippen LogP contribution in [0.4, 0.5) is 4.39 Å². The number of nitrogens with two attached hydrogens (primary N) is 1. The van der Waals surface area contributed by atoms with Crippen LogP contribution < -0.4 is 5.73 Å². The molecule has 2 N–H and O–H groups in total. The van der Waals surface area contributed by atoms with Gasteiger partial charge in [-0.25, -0.2) is 4.39 Å². The van der Waals surface area contributed by atoms with Crippen molar-refractivity contribution in [1.82, 2.24) is 0 Å². The summed E-state index contributed by atoms with van der Waals surface area (Å²) in [7, 11) is 0. The Balaban J connectivity index is 2.53. The first-order chi connectivity index (χ1) is 7.38. The van der Waals surface area contributed by atoms with Gasteiger partial charge in [-0.15, -0.1) is 0 Å². The van der Waals surface area contributed by atoms with Gasteiger partial charge in [0, 0.05) is 5.54 Å². The van der Waals surface area contributed by atoms with Crippen molar-refractivity contribution in [3.05, 3.63) is 41.2 Å². The molecule has 0 aliphatic rings. The van der Waals surface area contributed by atoms with E-state index in [1.807, 2.05) is 26.0 Å². The first kappa shape index (κ1) is 12.9. The molecule has 0 aliphatic carbocycles. The predicted octanol–water partition coefficient (Wildman–Crippen LogP) is 3.66. The molecule has 0 radical (unpaired) electrons. The van der Waals surface area contributed by atoms with Crippen LogP contribution in [0.15, 0.2) is 24.3 Å². The van der Waals surface area contributed by atoms with Gasteiger partial charge in [0.05, 0.1) is 0 Å². The zero-order valence-electron chi connectivity index (χ0n) is 10.3. The molecular formula is C14H20FN. The minimum absolute atomic E-state index is 0.122. The van der Waals surface area contributed by atoms with Gasteiger partial charge < -0.3 is 5.73 Å². The van der Waals surface area contributed by atoms with Crippen LogP contribution in [0.5, 0.6) is 0 Å². The van der Waals surface area contributed by atoms with E-state index < -0.39 is 0 Å². The fourth-order valence-corrected chi connectivity index (χ4v) is 1.45. The summed E-state index contributed by atoms with van der Waals surface area (Å²) in [5.41, 5.74) is 7.47. The quantitative estimate of drug-likeness (QED) is 0.825. The van der Waals surface area contributed by atoms with Gasteiger partial charge >= 0.3 is 0 Å². The van der Waals surface area contributed by atoms with E-state index in [-0.39, 0.29) is 11.4 Å². The van der Waals surface area contributed by atoms with E-state index in [0.29, 0.717) is 5.56 Å². The summed E-state index contributed by atoms with van der Waals surface area (Å²) >= 11 is 0. The Morgan fingerprint density at radius 3 is 2.62 bits per heavy atom. The first-order valence-corrected chi connectivity index (χ1v) is 5.60. The Hall–Kier alpha value is -1.15. The minimum atomic E-state index is -0.153. The van der Waals surface area contributed by atoms with Crippen LogP contribution in [0.25, 0.3) is 6.08 Å². The maximum Gasteiger partial charge on any atom is 0.126 e. The second-order valence-electron chi connectivity index (χ2n) is 4.94. The van der Waals surface area contributed by atoms with Crippen LogP contribution in [0.3, 0.4) is 0 Å². The van der Waals surface area contributed by atoms with E-state index >= 15 is 0 Å². The highest BCUT2D eigenvalue weighted by molar-refractivity contribution is 5.50. The van der Waals surface area contributed by atoms with Gasteiger partial charge in [-0.05, 0) is 56.9 Å². The summed E-state index contributed by atoms with van der Waals surface area (Å²) in [4.78, 5) is 0. The topological polar surface area (TPSA) is 26.0 Å². The van der Waals surface area contributed by atoms with E-state index in [1.54, 1.807) is 13.0 Å². The van der Waals surface area contributed by atoms with Crippen LogP contribution in [0.2, 0.25) is 0 Å². The molecule has 0 saturated carbocycles. The molecule has 1 aromatic rings. The first-order valence-electron chi connectivity index (χ1n) is 5.60. The highest BCUT2D eigenvalue weighted by atomic mass is 19.1. The minimum Gasteiger partial charge on any atom is -0.326 e. The normalized spacial score (nSPS) is 12.3. The molecule has 0 atom stereocenters. The molecule has 0 heterocycles. The molecule has 0 saturated heterocycles. The average Bonchev–Trinajstić information content (AvgIpc) is 2.17. The molecule has 0 spiro atoms. The monoisotopic (exact) mass is 221 g/mol. The van der Waals surface area contributed by atoms with Crippen molar-refractivity contribution in [2.75, 3.05) is 0 Å². The number of rotatable bonds is 4. The Bertz CT molecular complexity index is 375. The van der Waals surface area contributed by atoms with Crippen molar-refractivity contribution in [2.45, 2.75) is 39.2 Å². The molecule has 2 heteroatoms. The molecule has 16 heavy (non-hydrogen) atoms. The fourth-order valence-electron chi connectivity index (χ4n) is 1.45. The van der Waals surface area contributed by atoms with Crippen LogP contribution >= 0.6 is 0 Å². The molecule has 0 aliphatic heterocycles. The van der Waals surface area contributed by atoms with Crippen molar-refractivity contribution in [3.63, 3.8) is 0 Å². The summed E-state index contributed by atoms with van der Waals surface area (Å²) in [6.07, 6.45) is 5.99. The lowest BCUT2D eigenvalue weighted by Crippen LogP contribution is -2.31. The maximum absolute atomic E-state index is 13.0. The zero-order chi connectivity index (χ0) is 12.2. The van der Waals surface area contributed by atoms with Crippen molar-refractivity contribution in [1.29, 1.82) is 0 Å². The summed E-state index contributed by atoms with van der Waals surface area (Å²) in [6, 6.07) is 5.13. The number of benzene rings is 1. The summed E-state index contributed by atoms with van der Waals surface area (Å²) < 4.78 is 13.0. The van der Waals surface area contributed by atoms with Gasteiger partial charge in [0.2, 0.25) is 0 Å². The standard InChI is InChI=1S/C14H20FN/c1-11-10-12(7-8-13(11)15)6-4-5-9-14(2,3)16/h4,6-8,10H,5,9,16H2,1-3H3/b6-4+. The van der Waals surface area contributed by atoms with Crippen LogP contribution in [0, 0.1) is 12.7 Å². The molecule has 0 fully saturated rings. The molecule has 1 aromatic carbocycles. The maximum atomic E-state index is 13.0. The molecule has 88 valence electrons. The largest absolute Gasteiger partial charge is 0.326 e. The highest BCUT2D eigenvalue weighted by Crippen LogP contribution is 2.12. The van der Waals surface area contributed by atoms with Crippen LogP contribution in [-0.4, -0.2) is 5.54 Å². The van der Waals surface area contributed by atoms with Crippen LogP contribution in [-0.2, 0) is 0 Å². The zero-order valence-corrected chi connectivity index (χ0v) is 10.3. The summed E-state index contributed by atoms with van der Waals surface area (Å²) in [5.74, 6) is -0.153. The van der Waals surface area contributed by atoms with Gasteiger partial charge in [-0.1, -0.05) is 18.2 Å². The highest BCUT2D eigenvalue weighted by Gasteiger charge is 2.07. The van der Waals surface area contributed by atoms with E-state index in [4.69, 9.17) is 5.73 Å². The van der Waals surface area contributed by atoms with Gasteiger partial charge in [-0.3, -0.25) is 0 Å². The van der Waals surface area contributed by atoms with Gasteiger partial charge in [-0.2, -0.15) is 0 Å². The van der Waals surface area contributed by atoms with Crippen LogP contribution in [0.1, 0.15) is 37.8 Å². The number of aryl methyl sites for hydroxylation is 1. The molecular weight excluding hydrogens is 201 g/mol. The van der Waals surface area contributed by atoms with E-state index in [2.05, 4.69) is 6.08 Å². The number of hydrogen-bond acceptors (Lipinski definition) is 1. The molecule has 0 amide bonds. The third-order valence-electron chi connectivity index (χ3n) is 2.45. The SMILES string of the molecule is Cc1cc(/C=C/CCC(C)(C)N)ccc1F. The molecule has 0 bridgehead atoms. The third-order valence-corrected chi connectivity index (χ3v) is 2.45. The molecule has 1 rings (SSSR count). The predicted molar refractivity (Wildman–Crippen MR) is 67.7 cm³/mol. The third kappa shape index (κ3) is 4.58. The Morgan fingerprint density at radius 2 is 2.06 bits per heavy atom. The number of halogens is 1. The van der Waals surface area contributed by atoms with E-state index in [0.717, 1.165) is 18.4 Å². The summed E-state index contributed by atoms with van der Waals surface area (Å²) in [6.45, 7) is 5.81. The fraction of sp³-hybridized carbons (Fsp3) is 0.429. The molecule has 0 unspecified atom stereocenters. The van der Waals surface area contributed by atoms with Crippen molar-refractivity contribution in [2.24, 2.45) is 5.73 Å². The Labute approximate surface area is 97.2 Å². The van der Waals surface area contributed by atoms with Gasteiger partial charge in [0.25, 0.3) is 0 Å². The average molecular weight is 221 g/mol. The lowest BCUT2D eigenvalue weighted by molar-refractivity contribution is 0.482. The Morgan fingerprint density at radius 1 is 1.38 bits per heavy atom. The van der Waals surface area contributed by atoms with Crippen molar-refractivity contribution >= 4 is 6.08 Å². The second kappa shape index (κ2) is 5.26. The van der Waals surface area contributed by atoms with E-state index in [1.165, 1.54) is 6.07 Å². The lowest BCUT2D eigenvalue weighted by Gasteiger charge is -2.16. The van der Waals surface area contributed by atoms with Gasteiger partial charge in [0.15, 0.2) is 0 Å². The second-order valence-corrected chi connectivity index (χ2v) is 4.94. The lowest BCUT2D eigenvalue weighted by atomic mass is 9.99. The number of allylic oxidation sites excluding steroid dienone is 1. The Kier molecular flexibility index (Phi) is 4.25. The van der Waals surface area contributed by atoms with Gasteiger partial charge in [0.1, 0.15) is 5.82 Å². The molecule has 0 aromatic heterocycles. The van der Waals surface area contributed by atoms with Crippen molar-refractivity contribution in [3.8, 4) is 0 Å². The van der Waals surface area contributed by atoms with Crippen molar-refractivity contribution < 1.29 is 4.39 Å². The number of hydrogen-bond donors (Lipinski definition) is 1. The molecule has 1 nitrogen and oxygen atoms in total. The van der Waals surface area contributed by atoms with E-state index in [9.17, 15) is 4.39 Å². The smallest absolute Gasteiger partial charge is 0.126 e. The summed E-state index contributed by atoms with van der Waals surface area (Å²) in [5, 5.41) is 0.